The van der Waals surface area contributed by atoms with Gasteiger partial charge in [0, 0.05) is 6.42 Å². The van der Waals surface area contributed by atoms with Gasteiger partial charge in [-0.1, -0.05) is 6.42 Å². The van der Waals surface area contributed by atoms with E-state index < -0.39 is 73.1 Å². The lowest BCUT2D eigenvalue weighted by molar-refractivity contribution is -0.143. The fourth-order valence-electron chi connectivity index (χ4n) is 2.36. The molecule has 0 rings (SSSR count). The van der Waals surface area contributed by atoms with Crippen LogP contribution in [0.25, 0.3) is 0 Å². The third-order valence-corrected chi connectivity index (χ3v) is 4.02. The summed E-state index contributed by atoms with van der Waals surface area (Å²) >= 11 is 0. The third kappa shape index (κ3) is 12.8. The fourth-order valence-corrected chi connectivity index (χ4v) is 2.36. The monoisotopic (exact) mass is 447 g/mol. The number of hydrogen-bond acceptors (Lipinski definition) is 8. The number of nitrogens with two attached hydrogens (primary N) is 2. The summed E-state index contributed by atoms with van der Waals surface area (Å²) in [6.07, 6.45) is -0.163. The molecule has 0 aliphatic rings. The first-order valence-corrected chi connectivity index (χ1v) is 9.47. The van der Waals surface area contributed by atoms with Gasteiger partial charge >= 0.3 is 17.9 Å². The molecule has 0 aliphatic carbocycles. The molecule has 0 spiro atoms. The molecule has 0 aromatic carbocycles. The van der Waals surface area contributed by atoms with E-state index >= 15 is 0 Å². The minimum Gasteiger partial charge on any atom is -0.481 e. The smallest absolute Gasteiger partial charge is 0.326 e. The highest BCUT2D eigenvalue weighted by Gasteiger charge is 2.27. The molecule has 14 nitrogen and oxygen atoms in total. The molecule has 10 N–H and O–H groups in total. The number of aliphatic carboxylic acids is 3. The number of nitrogens with one attached hydrogen (secondary N) is 3. The molecule has 31 heavy (non-hydrogen) atoms. The van der Waals surface area contributed by atoms with E-state index in [0.717, 1.165) is 0 Å². The van der Waals surface area contributed by atoms with Crippen molar-refractivity contribution in [3.05, 3.63) is 0 Å². The van der Waals surface area contributed by atoms with E-state index in [4.69, 9.17) is 26.8 Å². The molecular formula is C17H29N5O9. The topological polar surface area (TPSA) is 251 Å². The first-order chi connectivity index (χ1) is 14.5. The predicted molar refractivity (Wildman–Crippen MR) is 105 cm³/mol. The van der Waals surface area contributed by atoms with Crippen LogP contribution in [0.2, 0.25) is 0 Å². The zero-order valence-corrected chi connectivity index (χ0v) is 16.8. The Morgan fingerprint density at radius 3 is 1.97 bits per heavy atom. The Bertz CT molecular complexity index is 670. The Balaban J connectivity index is 4.80. The second-order valence-corrected chi connectivity index (χ2v) is 6.66. The number of carboxylic acid groups (broad SMARTS) is 3. The van der Waals surface area contributed by atoms with Crippen molar-refractivity contribution in [3.63, 3.8) is 0 Å². The molecule has 3 amide bonds. The summed E-state index contributed by atoms with van der Waals surface area (Å²) in [5.41, 5.74) is 11.0. The molecule has 0 saturated carbocycles. The molecule has 176 valence electrons. The molecule has 3 unspecified atom stereocenters. The van der Waals surface area contributed by atoms with Crippen LogP contribution < -0.4 is 27.4 Å². The van der Waals surface area contributed by atoms with Crippen molar-refractivity contribution in [2.24, 2.45) is 11.5 Å². The molecule has 14 heteroatoms. The quantitative estimate of drug-likeness (QED) is 0.110. The van der Waals surface area contributed by atoms with E-state index in [9.17, 15) is 28.8 Å². The summed E-state index contributed by atoms with van der Waals surface area (Å²) in [6, 6.07) is -3.98. The van der Waals surface area contributed by atoms with Gasteiger partial charge in [-0.2, -0.15) is 0 Å². The van der Waals surface area contributed by atoms with Gasteiger partial charge in [-0.15, -0.1) is 0 Å². The lowest BCUT2D eigenvalue weighted by Crippen LogP contribution is -2.54. The lowest BCUT2D eigenvalue weighted by Gasteiger charge is -2.20. The van der Waals surface area contributed by atoms with Gasteiger partial charge < -0.3 is 42.7 Å². The highest BCUT2D eigenvalue weighted by Crippen LogP contribution is 2.01. The largest absolute Gasteiger partial charge is 0.481 e. The summed E-state index contributed by atoms with van der Waals surface area (Å²) < 4.78 is 0. The minimum atomic E-state index is -1.51. The van der Waals surface area contributed by atoms with Gasteiger partial charge in [-0.3, -0.25) is 24.0 Å². The number of carbonyl (C=O) groups excluding carboxylic acids is 3. The predicted octanol–water partition coefficient (Wildman–Crippen LogP) is -3.05. The first kappa shape index (κ1) is 27.7. The van der Waals surface area contributed by atoms with Crippen LogP contribution >= 0.6 is 0 Å². The van der Waals surface area contributed by atoms with Crippen LogP contribution in [0.15, 0.2) is 0 Å². The van der Waals surface area contributed by atoms with Crippen molar-refractivity contribution in [2.45, 2.75) is 56.7 Å². The second-order valence-electron chi connectivity index (χ2n) is 6.66. The highest BCUT2D eigenvalue weighted by atomic mass is 16.4. The van der Waals surface area contributed by atoms with Crippen LogP contribution in [0, 0.1) is 0 Å². The number of carboxylic acids is 3. The zero-order chi connectivity index (χ0) is 24.0. The molecule has 0 aromatic rings. The average Bonchev–Trinajstić information content (AvgIpc) is 2.67. The summed E-state index contributed by atoms with van der Waals surface area (Å²) in [7, 11) is 0. The van der Waals surface area contributed by atoms with Crippen molar-refractivity contribution in [1.82, 2.24) is 16.0 Å². The fraction of sp³-hybridized carbons (Fsp3) is 0.647. The maximum atomic E-state index is 12.2. The molecule has 3 atom stereocenters. The van der Waals surface area contributed by atoms with E-state index in [-0.39, 0.29) is 12.8 Å². The van der Waals surface area contributed by atoms with E-state index in [2.05, 4.69) is 10.6 Å². The van der Waals surface area contributed by atoms with Gasteiger partial charge in [0.15, 0.2) is 0 Å². The van der Waals surface area contributed by atoms with Gasteiger partial charge in [-0.25, -0.2) is 4.79 Å². The van der Waals surface area contributed by atoms with Gasteiger partial charge in [0.25, 0.3) is 0 Å². The van der Waals surface area contributed by atoms with Crippen molar-refractivity contribution >= 4 is 35.6 Å². The summed E-state index contributed by atoms with van der Waals surface area (Å²) in [6.45, 7) is -0.302. The summed E-state index contributed by atoms with van der Waals surface area (Å²) in [5, 5.41) is 32.9. The van der Waals surface area contributed by atoms with Crippen LogP contribution in [-0.2, 0) is 28.8 Å². The number of carbonyl (C=O) groups is 6. The number of amides is 3. The Labute approximate surface area is 177 Å². The first-order valence-electron chi connectivity index (χ1n) is 9.47. The van der Waals surface area contributed by atoms with Gasteiger partial charge in [0.2, 0.25) is 17.7 Å². The Kier molecular flexibility index (Phi) is 13.1. The Hall–Kier alpha value is -3.26. The van der Waals surface area contributed by atoms with Crippen molar-refractivity contribution in [2.75, 3.05) is 13.1 Å². The maximum absolute atomic E-state index is 12.2. The summed E-state index contributed by atoms with van der Waals surface area (Å²) in [5.74, 6) is -6.77. The van der Waals surface area contributed by atoms with Crippen LogP contribution in [-0.4, -0.2) is 82.2 Å². The van der Waals surface area contributed by atoms with Crippen LogP contribution in [0.1, 0.15) is 38.5 Å². The number of unbranched alkanes of at least 4 members (excludes halogenated alkanes) is 1. The molecule has 0 radical (unpaired) electrons. The highest BCUT2D eigenvalue weighted by molar-refractivity contribution is 5.94. The van der Waals surface area contributed by atoms with Crippen LogP contribution in [0.5, 0.6) is 0 Å². The average molecular weight is 447 g/mol. The van der Waals surface area contributed by atoms with Crippen molar-refractivity contribution < 1.29 is 44.1 Å². The number of hydrogen-bond donors (Lipinski definition) is 8. The third-order valence-electron chi connectivity index (χ3n) is 4.02. The molecule has 0 aliphatic heterocycles. The van der Waals surface area contributed by atoms with Crippen LogP contribution in [0.4, 0.5) is 0 Å². The molecule has 0 saturated heterocycles. The van der Waals surface area contributed by atoms with Crippen molar-refractivity contribution in [3.8, 4) is 0 Å². The van der Waals surface area contributed by atoms with E-state index in [1.54, 1.807) is 0 Å². The normalized spacial score (nSPS) is 13.4. The molecule has 0 aromatic heterocycles. The molecular weight excluding hydrogens is 418 g/mol. The molecule has 0 bridgehead atoms. The van der Waals surface area contributed by atoms with E-state index in [1.807, 2.05) is 5.32 Å². The Morgan fingerprint density at radius 2 is 1.45 bits per heavy atom. The van der Waals surface area contributed by atoms with Gasteiger partial charge in [0.1, 0.15) is 12.1 Å². The standard InChI is InChI=1S/C17H29N5O9/c18-6-2-1-3-9(19)15(28)22-11(7-14(26)27)16(29)20-8-12(23)21-10(17(30)31)4-5-13(24)25/h9-11H,1-8,18-19H2,(H,20,29)(H,21,23)(H,22,28)(H,24,25)(H,26,27)(H,30,31). The Morgan fingerprint density at radius 1 is 0.806 bits per heavy atom. The van der Waals surface area contributed by atoms with Gasteiger partial charge in [0.05, 0.1) is 19.0 Å². The lowest BCUT2D eigenvalue weighted by atomic mass is 10.1. The summed E-state index contributed by atoms with van der Waals surface area (Å²) in [4.78, 5) is 68.8. The minimum absolute atomic E-state index is 0.278. The number of rotatable bonds is 16. The van der Waals surface area contributed by atoms with E-state index in [1.165, 1.54) is 0 Å². The van der Waals surface area contributed by atoms with Crippen LogP contribution in [0.3, 0.4) is 0 Å². The SMILES string of the molecule is NCCCCC(N)C(=O)NC(CC(=O)O)C(=O)NCC(=O)NC(CCC(=O)O)C(=O)O. The van der Waals surface area contributed by atoms with Gasteiger partial charge in [-0.05, 0) is 25.8 Å². The zero-order valence-electron chi connectivity index (χ0n) is 16.8. The van der Waals surface area contributed by atoms with Crippen molar-refractivity contribution in [1.29, 1.82) is 0 Å². The molecule has 0 heterocycles. The van der Waals surface area contributed by atoms with E-state index in [0.29, 0.717) is 19.4 Å². The maximum Gasteiger partial charge on any atom is 0.326 e. The molecule has 0 fully saturated rings. The second kappa shape index (κ2) is 14.7.